The highest BCUT2D eigenvalue weighted by atomic mass is 16.5. The molecular formula is C14H23NO2. The molecule has 0 saturated heterocycles. The zero-order valence-electron chi connectivity index (χ0n) is 11.1. The van der Waals surface area contributed by atoms with E-state index in [1.165, 1.54) is 0 Å². The molecule has 3 nitrogen and oxygen atoms in total. The number of aliphatic hydroxyl groups is 1. The fourth-order valence-corrected chi connectivity index (χ4v) is 1.89. The minimum atomic E-state index is -0.478. The molecule has 0 saturated carbocycles. The van der Waals surface area contributed by atoms with E-state index in [-0.39, 0.29) is 6.04 Å². The largest absolute Gasteiger partial charge is 0.497 e. The first-order chi connectivity index (χ1) is 8.08. The average Bonchev–Trinajstić information content (AvgIpc) is 2.35. The zero-order valence-corrected chi connectivity index (χ0v) is 11.1. The van der Waals surface area contributed by atoms with Gasteiger partial charge in [-0.15, -0.1) is 0 Å². The molecule has 0 aromatic heterocycles. The van der Waals surface area contributed by atoms with Crippen molar-refractivity contribution in [3.63, 3.8) is 0 Å². The smallest absolute Gasteiger partial charge is 0.118 e. The molecule has 0 aliphatic carbocycles. The Bertz CT molecular complexity index is 321. The van der Waals surface area contributed by atoms with Gasteiger partial charge in [-0.25, -0.2) is 0 Å². The molecule has 96 valence electrons. The summed E-state index contributed by atoms with van der Waals surface area (Å²) in [6, 6.07) is 8.03. The first kappa shape index (κ1) is 14.0. The monoisotopic (exact) mass is 237 g/mol. The number of nitrogens with one attached hydrogen (secondary N) is 1. The first-order valence-corrected chi connectivity index (χ1v) is 6.16. The van der Waals surface area contributed by atoms with E-state index in [1.54, 1.807) is 7.11 Å². The van der Waals surface area contributed by atoms with E-state index in [0.717, 1.165) is 17.7 Å². The number of hydrogen-bond acceptors (Lipinski definition) is 3. The summed E-state index contributed by atoms with van der Waals surface area (Å²) in [5, 5.41) is 13.7. The number of methoxy groups -OCH3 is 1. The number of hydrogen-bond donors (Lipinski definition) is 2. The van der Waals surface area contributed by atoms with Gasteiger partial charge in [0.2, 0.25) is 0 Å². The molecule has 1 aromatic carbocycles. The molecule has 0 aliphatic heterocycles. The van der Waals surface area contributed by atoms with Gasteiger partial charge in [-0.1, -0.05) is 32.9 Å². The molecule has 17 heavy (non-hydrogen) atoms. The summed E-state index contributed by atoms with van der Waals surface area (Å²) >= 11 is 0. The predicted octanol–water partition coefficient (Wildman–Crippen LogP) is 2.51. The van der Waals surface area contributed by atoms with E-state index >= 15 is 0 Å². The Morgan fingerprint density at radius 2 is 1.82 bits per heavy atom. The van der Waals surface area contributed by atoms with Gasteiger partial charge in [0, 0.05) is 12.1 Å². The van der Waals surface area contributed by atoms with Crippen molar-refractivity contribution in [3.05, 3.63) is 29.8 Å². The molecule has 0 amide bonds. The second-order valence-corrected chi connectivity index (χ2v) is 4.55. The van der Waals surface area contributed by atoms with Gasteiger partial charge >= 0.3 is 0 Å². The van der Waals surface area contributed by atoms with Crippen LogP contribution in [-0.2, 0) is 0 Å². The Kier molecular flexibility index (Phi) is 5.45. The maximum Gasteiger partial charge on any atom is 0.118 e. The van der Waals surface area contributed by atoms with Crippen LogP contribution in [0.15, 0.2) is 24.3 Å². The van der Waals surface area contributed by atoms with Crippen molar-refractivity contribution in [2.45, 2.75) is 45.4 Å². The molecule has 1 aromatic rings. The lowest BCUT2D eigenvalue weighted by molar-refractivity contribution is 0.121. The quantitative estimate of drug-likeness (QED) is 0.798. The lowest BCUT2D eigenvalue weighted by Gasteiger charge is -2.25. The zero-order chi connectivity index (χ0) is 12.8. The maximum atomic E-state index is 10.3. The molecule has 3 heteroatoms. The SMILES string of the molecule is CCC(NC(C)C)C(O)c1ccc(OC)cc1. The first-order valence-electron chi connectivity index (χ1n) is 6.16. The van der Waals surface area contributed by atoms with Crippen LogP contribution in [0.3, 0.4) is 0 Å². The summed E-state index contributed by atoms with van der Waals surface area (Å²) in [6.45, 7) is 6.25. The van der Waals surface area contributed by atoms with Gasteiger partial charge in [0.25, 0.3) is 0 Å². The summed E-state index contributed by atoms with van der Waals surface area (Å²) in [4.78, 5) is 0. The van der Waals surface area contributed by atoms with Gasteiger partial charge in [-0.2, -0.15) is 0 Å². The van der Waals surface area contributed by atoms with Crippen LogP contribution < -0.4 is 10.1 Å². The van der Waals surface area contributed by atoms with E-state index in [9.17, 15) is 5.11 Å². The molecule has 0 fully saturated rings. The molecule has 0 radical (unpaired) electrons. The van der Waals surface area contributed by atoms with Gasteiger partial charge in [-0.3, -0.25) is 0 Å². The van der Waals surface area contributed by atoms with E-state index in [2.05, 4.69) is 26.1 Å². The summed E-state index contributed by atoms with van der Waals surface area (Å²) in [5.74, 6) is 0.811. The number of benzene rings is 1. The van der Waals surface area contributed by atoms with Crippen molar-refractivity contribution in [2.24, 2.45) is 0 Å². The molecule has 0 aliphatic rings. The summed E-state index contributed by atoms with van der Waals surface area (Å²) in [6.07, 6.45) is 0.416. The number of aliphatic hydroxyl groups excluding tert-OH is 1. The van der Waals surface area contributed by atoms with Crippen LogP contribution in [0.4, 0.5) is 0 Å². The van der Waals surface area contributed by atoms with Crippen molar-refractivity contribution >= 4 is 0 Å². The van der Waals surface area contributed by atoms with Crippen molar-refractivity contribution in [2.75, 3.05) is 7.11 Å². The third kappa shape index (κ3) is 4.02. The van der Waals surface area contributed by atoms with Crippen LogP contribution in [-0.4, -0.2) is 24.3 Å². The summed E-state index contributed by atoms with van der Waals surface area (Å²) < 4.78 is 5.10. The summed E-state index contributed by atoms with van der Waals surface area (Å²) in [7, 11) is 1.64. The molecule has 0 heterocycles. The van der Waals surface area contributed by atoms with Crippen molar-refractivity contribution < 1.29 is 9.84 Å². The second kappa shape index (κ2) is 6.62. The standard InChI is InChI=1S/C14H23NO2/c1-5-13(15-10(2)3)14(16)11-6-8-12(17-4)9-7-11/h6-10,13-16H,5H2,1-4H3. The third-order valence-corrected chi connectivity index (χ3v) is 2.83. The van der Waals surface area contributed by atoms with Crippen LogP contribution in [0.25, 0.3) is 0 Å². The van der Waals surface area contributed by atoms with Gasteiger partial charge < -0.3 is 15.2 Å². The van der Waals surface area contributed by atoms with Crippen LogP contribution >= 0.6 is 0 Å². The van der Waals surface area contributed by atoms with E-state index in [0.29, 0.717) is 6.04 Å². The van der Waals surface area contributed by atoms with Crippen LogP contribution in [0.1, 0.15) is 38.9 Å². The normalized spacial score (nSPS) is 14.7. The van der Waals surface area contributed by atoms with E-state index in [1.807, 2.05) is 24.3 Å². The van der Waals surface area contributed by atoms with Gasteiger partial charge in [0.15, 0.2) is 0 Å². The van der Waals surface area contributed by atoms with Gasteiger partial charge in [-0.05, 0) is 24.1 Å². The minimum absolute atomic E-state index is 0.0865. The third-order valence-electron chi connectivity index (χ3n) is 2.83. The number of rotatable bonds is 6. The molecule has 0 spiro atoms. The topological polar surface area (TPSA) is 41.5 Å². The summed E-state index contributed by atoms with van der Waals surface area (Å²) in [5.41, 5.74) is 0.922. The Labute approximate surface area is 104 Å². The van der Waals surface area contributed by atoms with E-state index in [4.69, 9.17) is 4.74 Å². The van der Waals surface area contributed by atoms with Gasteiger partial charge in [0.1, 0.15) is 5.75 Å². The molecule has 2 atom stereocenters. The predicted molar refractivity (Wildman–Crippen MR) is 70.3 cm³/mol. The lowest BCUT2D eigenvalue weighted by atomic mass is 9.99. The van der Waals surface area contributed by atoms with Crippen LogP contribution in [0.5, 0.6) is 5.75 Å². The fraction of sp³-hybridized carbons (Fsp3) is 0.571. The van der Waals surface area contributed by atoms with Crippen LogP contribution in [0, 0.1) is 0 Å². The van der Waals surface area contributed by atoms with Crippen molar-refractivity contribution in [1.29, 1.82) is 0 Å². The number of ether oxygens (including phenoxy) is 1. The molecule has 2 unspecified atom stereocenters. The maximum absolute atomic E-state index is 10.3. The Morgan fingerprint density at radius 3 is 2.24 bits per heavy atom. The Morgan fingerprint density at radius 1 is 1.24 bits per heavy atom. The molecule has 1 rings (SSSR count). The van der Waals surface area contributed by atoms with Gasteiger partial charge in [0.05, 0.1) is 13.2 Å². The van der Waals surface area contributed by atoms with Crippen molar-refractivity contribution in [1.82, 2.24) is 5.32 Å². The Hall–Kier alpha value is -1.06. The fourth-order valence-electron chi connectivity index (χ4n) is 1.89. The molecule has 2 N–H and O–H groups in total. The average molecular weight is 237 g/mol. The molecule has 0 bridgehead atoms. The van der Waals surface area contributed by atoms with Crippen LogP contribution in [0.2, 0.25) is 0 Å². The van der Waals surface area contributed by atoms with E-state index < -0.39 is 6.10 Å². The van der Waals surface area contributed by atoms with Crippen molar-refractivity contribution in [3.8, 4) is 5.75 Å². The highest BCUT2D eigenvalue weighted by molar-refractivity contribution is 5.29. The lowest BCUT2D eigenvalue weighted by Crippen LogP contribution is -2.38. The molecular weight excluding hydrogens is 214 g/mol. The second-order valence-electron chi connectivity index (χ2n) is 4.55. The highest BCUT2D eigenvalue weighted by Crippen LogP contribution is 2.21. The Balaban J connectivity index is 2.74. The highest BCUT2D eigenvalue weighted by Gasteiger charge is 2.19. The minimum Gasteiger partial charge on any atom is -0.497 e.